The van der Waals surface area contributed by atoms with E-state index in [9.17, 15) is 4.79 Å². The average molecular weight is 419 g/mol. The maximum absolute atomic E-state index is 11.9. The summed E-state index contributed by atoms with van der Waals surface area (Å²) in [6, 6.07) is 7.45. The fourth-order valence-corrected chi connectivity index (χ4v) is 2.79. The molecule has 2 aromatic rings. The van der Waals surface area contributed by atoms with E-state index in [1.807, 2.05) is 24.3 Å². The first-order valence-corrected chi connectivity index (χ1v) is 8.45. The maximum atomic E-state index is 11.9. The smallest absolute Gasteiger partial charge is 0.220 e. The summed E-state index contributed by atoms with van der Waals surface area (Å²) in [5, 5.41) is 6.81. The minimum atomic E-state index is 0. The lowest BCUT2D eigenvalue weighted by molar-refractivity contribution is -0.120. The number of hydrogen-bond donors (Lipinski definition) is 2. The normalized spacial score (nSPS) is 13.2. The first-order chi connectivity index (χ1) is 11.7. The van der Waals surface area contributed by atoms with Crippen LogP contribution in [0.3, 0.4) is 0 Å². The van der Waals surface area contributed by atoms with E-state index in [0.29, 0.717) is 36.1 Å². The topological polar surface area (TPSA) is 67.2 Å². The van der Waals surface area contributed by atoms with Crippen molar-refractivity contribution in [1.82, 2.24) is 15.6 Å². The minimum Gasteiger partial charge on any atom is -0.441 e. The van der Waals surface area contributed by atoms with Crippen LogP contribution in [0, 0.1) is 0 Å². The molecule has 0 spiro atoms. The summed E-state index contributed by atoms with van der Waals surface area (Å²) in [5.41, 5.74) is 2.08. The average Bonchev–Trinajstić information content (AvgIpc) is 3.08. The summed E-state index contributed by atoms with van der Waals surface area (Å²) >= 11 is 6.15. The van der Waals surface area contributed by atoms with Crippen LogP contribution in [-0.2, 0) is 11.2 Å². The Hall–Kier alpha value is -1.53. The van der Waals surface area contributed by atoms with Crippen LogP contribution >= 0.6 is 36.4 Å². The zero-order valence-corrected chi connectivity index (χ0v) is 16.6. The van der Waals surface area contributed by atoms with Crippen LogP contribution in [-0.4, -0.2) is 30.5 Å². The molecule has 0 fully saturated rings. The molecule has 1 amide bonds. The van der Waals surface area contributed by atoms with E-state index >= 15 is 0 Å². The van der Waals surface area contributed by atoms with Gasteiger partial charge in [0.2, 0.25) is 5.91 Å². The number of amides is 1. The predicted molar refractivity (Wildman–Crippen MR) is 108 cm³/mol. The van der Waals surface area contributed by atoms with Crippen molar-refractivity contribution in [2.75, 3.05) is 19.6 Å². The minimum absolute atomic E-state index is 0. The van der Waals surface area contributed by atoms with Gasteiger partial charge in [-0.05, 0) is 25.1 Å². The lowest BCUT2D eigenvalue weighted by atomic mass is 10.1. The molecule has 142 valence electrons. The van der Waals surface area contributed by atoms with E-state index in [1.54, 1.807) is 6.20 Å². The summed E-state index contributed by atoms with van der Waals surface area (Å²) < 4.78 is 5.70. The van der Waals surface area contributed by atoms with E-state index in [1.165, 1.54) is 5.57 Å². The van der Waals surface area contributed by atoms with E-state index in [2.05, 4.69) is 21.7 Å². The van der Waals surface area contributed by atoms with Crippen molar-refractivity contribution in [2.24, 2.45) is 0 Å². The van der Waals surface area contributed by atoms with Gasteiger partial charge in [-0.1, -0.05) is 35.4 Å². The van der Waals surface area contributed by atoms with Crippen molar-refractivity contribution in [2.45, 2.75) is 19.3 Å². The Labute approximate surface area is 170 Å². The number of nitrogens with zero attached hydrogens (tertiary/aromatic N) is 1. The van der Waals surface area contributed by atoms with Crippen molar-refractivity contribution in [3.63, 3.8) is 0 Å². The van der Waals surface area contributed by atoms with Gasteiger partial charge in [0.15, 0.2) is 11.7 Å². The number of carbonyl (C=O) groups excluding carboxylic acids is 1. The van der Waals surface area contributed by atoms with Gasteiger partial charge in [0.1, 0.15) is 0 Å². The second-order valence-electron chi connectivity index (χ2n) is 5.69. The van der Waals surface area contributed by atoms with Crippen LogP contribution in [0.5, 0.6) is 0 Å². The first-order valence-electron chi connectivity index (χ1n) is 8.07. The van der Waals surface area contributed by atoms with E-state index in [-0.39, 0.29) is 30.7 Å². The molecule has 26 heavy (non-hydrogen) atoms. The van der Waals surface area contributed by atoms with Gasteiger partial charge in [-0.2, -0.15) is 0 Å². The highest BCUT2D eigenvalue weighted by Crippen LogP contribution is 2.28. The second kappa shape index (κ2) is 11.2. The zero-order chi connectivity index (χ0) is 16.8. The number of aromatic nitrogens is 1. The fraction of sp³-hybridized carbons (Fsp3) is 0.333. The third-order valence-electron chi connectivity index (χ3n) is 3.93. The van der Waals surface area contributed by atoms with Gasteiger partial charge in [-0.3, -0.25) is 4.79 Å². The van der Waals surface area contributed by atoms with E-state index < -0.39 is 0 Å². The summed E-state index contributed by atoms with van der Waals surface area (Å²) in [7, 11) is 0. The molecule has 8 heteroatoms. The Morgan fingerprint density at radius 1 is 1.31 bits per heavy atom. The number of nitrogens with one attached hydrogen (secondary N) is 2. The number of rotatable bonds is 6. The van der Waals surface area contributed by atoms with Gasteiger partial charge in [-0.25, -0.2) is 4.98 Å². The number of halogens is 3. The number of oxazole rings is 1. The standard InChI is InChI=1S/C18H20ClN3O2.2ClH/c19-15-4-2-1-3-14(15)16-12-22-18(24-16)6-5-17(23)21-11-13-7-9-20-10-8-13;;/h1-4,7,12,20H,5-6,8-11H2,(H,21,23);2*1H. The van der Waals surface area contributed by atoms with Crippen molar-refractivity contribution < 1.29 is 9.21 Å². The molecular formula is C18H22Cl3N3O2. The Morgan fingerprint density at radius 2 is 2.12 bits per heavy atom. The van der Waals surface area contributed by atoms with Crippen LogP contribution in [0.15, 0.2) is 46.5 Å². The largest absolute Gasteiger partial charge is 0.441 e. The highest BCUT2D eigenvalue weighted by Gasteiger charge is 2.11. The molecule has 1 aliphatic rings. The number of benzene rings is 1. The van der Waals surface area contributed by atoms with Gasteiger partial charge in [-0.15, -0.1) is 24.8 Å². The second-order valence-corrected chi connectivity index (χ2v) is 6.10. The third kappa shape index (κ3) is 6.32. The van der Waals surface area contributed by atoms with Crippen LogP contribution < -0.4 is 10.6 Å². The molecule has 0 saturated heterocycles. The van der Waals surface area contributed by atoms with Crippen LogP contribution in [0.25, 0.3) is 11.3 Å². The number of hydrogen-bond acceptors (Lipinski definition) is 4. The third-order valence-corrected chi connectivity index (χ3v) is 4.26. The van der Waals surface area contributed by atoms with Crippen molar-refractivity contribution in [3.8, 4) is 11.3 Å². The van der Waals surface area contributed by atoms with Gasteiger partial charge in [0.25, 0.3) is 0 Å². The first kappa shape index (κ1) is 22.5. The van der Waals surface area contributed by atoms with Gasteiger partial charge in [0.05, 0.1) is 11.2 Å². The fourth-order valence-electron chi connectivity index (χ4n) is 2.56. The molecule has 5 nitrogen and oxygen atoms in total. The molecule has 1 aliphatic heterocycles. The summed E-state index contributed by atoms with van der Waals surface area (Å²) in [6.07, 6.45) is 5.59. The molecule has 3 rings (SSSR count). The Kier molecular flexibility index (Phi) is 9.73. The SMILES string of the molecule is Cl.Cl.O=C(CCc1ncc(-c2ccccc2Cl)o1)NCC1=CCNCC1. The molecule has 2 N–H and O–H groups in total. The van der Waals surface area contributed by atoms with Gasteiger partial charge in [0, 0.05) is 31.5 Å². The van der Waals surface area contributed by atoms with Crippen LogP contribution in [0.1, 0.15) is 18.7 Å². The predicted octanol–water partition coefficient (Wildman–Crippen LogP) is 3.81. The molecule has 0 aliphatic carbocycles. The summed E-state index contributed by atoms with van der Waals surface area (Å²) in [4.78, 5) is 16.2. The molecule has 0 bridgehead atoms. The summed E-state index contributed by atoms with van der Waals surface area (Å²) in [6.45, 7) is 2.48. The van der Waals surface area contributed by atoms with Crippen molar-refractivity contribution >= 4 is 42.3 Å². The van der Waals surface area contributed by atoms with Crippen LogP contribution in [0.2, 0.25) is 5.02 Å². The molecule has 2 heterocycles. The van der Waals surface area contributed by atoms with Crippen LogP contribution in [0.4, 0.5) is 0 Å². The van der Waals surface area contributed by atoms with Gasteiger partial charge < -0.3 is 15.1 Å². The molecular weight excluding hydrogens is 397 g/mol. The monoisotopic (exact) mass is 417 g/mol. The molecule has 0 atom stereocenters. The molecule has 0 saturated carbocycles. The van der Waals surface area contributed by atoms with Gasteiger partial charge >= 0.3 is 0 Å². The van der Waals surface area contributed by atoms with E-state index in [0.717, 1.165) is 25.1 Å². The molecule has 1 aromatic heterocycles. The number of carbonyl (C=O) groups is 1. The van der Waals surface area contributed by atoms with E-state index in [4.69, 9.17) is 16.0 Å². The lowest BCUT2D eigenvalue weighted by Gasteiger charge is -2.14. The highest BCUT2D eigenvalue weighted by atomic mass is 35.5. The lowest BCUT2D eigenvalue weighted by Crippen LogP contribution is -2.29. The summed E-state index contributed by atoms with van der Waals surface area (Å²) in [5.74, 6) is 1.17. The molecule has 0 radical (unpaired) electrons. The number of aryl methyl sites for hydroxylation is 1. The Balaban J connectivity index is 0.00000169. The maximum Gasteiger partial charge on any atom is 0.220 e. The Morgan fingerprint density at radius 3 is 2.85 bits per heavy atom. The Bertz CT molecular complexity index is 747. The zero-order valence-electron chi connectivity index (χ0n) is 14.2. The molecule has 0 unspecified atom stereocenters. The quantitative estimate of drug-likeness (QED) is 0.700. The molecule has 1 aromatic carbocycles. The highest BCUT2D eigenvalue weighted by molar-refractivity contribution is 6.33. The van der Waals surface area contributed by atoms with Crippen molar-refractivity contribution in [1.29, 1.82) is 0 Å². The van der Waals surface area contributed by atoms with Crippen molar-refractivity contribution in [3.05, 3.63) is 53.0 Å².